The van der Waals surface area contributed by atoms with Crippen LogP contribution in [0.2, 0.25) is 0 Å². The minimum atomic E-state index is -0.873. The van der Waals surface area contributed by atoms with Crippen LogP contribution in [0.1, 0.15) is 12.7 Å². The molecule has 1 aliphatic rings. The summed E-state index contributed by atoms with van der Waals surface area (Å²) in [6, 6.07) is 0.758. The molecule has 1 unspecified atom stereocenters. The van der Waals surface area contributed by atoms with Crippen molar-refractivity contribution in [2.75, 3.05) is 23.0 Å². The van der Waals surface area contributed by atoms with Gasteiger partial charge in [-0.3, -0.25) is 4.79 Å². The Balaban J connectivity index is 2.36. The smallest absolute Gasteiger partial charge is 0.327 e. The molecule has 1 aliphatic heterocycles. The van der Waals surface area contributed by atoms with E-state index in [2.05, 4.69) is 9.97 Å². The normalized spacial score (nSPS) is 19.8. The largest absolute Gasteiger partial charge is 0.480 e. The monoisotopic (exact) mass is 269 g/mol. The van der Waals surface area contributed by atoms with Crippen molar-refractivity contribution in [2.24, 2.45) is 0 Å². The van der Waals surface area contributed by atoms with Crippen molar-refractivity contribution >= 4 is 23.5 Å². The number of hydrogen-bond donors (Lipinski definition) is 2. The minimum Gasteiger partial charge on any atom is -0.480 e. The zero-order valence-corrected chi connectivity index (χ0v) is 10.9. The number of anilines is 1. The summed E-state index contributed by atoms with van der Waals surface area (Å²) in [7, 11) is 0. The van der Waals surface area contributed by atoms with E-state index in [1.54, 1.807) is 16.7 Å². The van der Waals surface area contributed by atoms with Gasteiger partial charge in [0.15, 0.2) is 0 Å². The second kappa shape index (κ2) is 5.43. The van der Waals surface area contributed by atoms with Gasteiger partial charge >= 0.3 is 5.97 Å². The van der Waals surface area contributed by atoms with Crippen LogP contribution >= 0.6 is 11.8 Å². The molecule has 2 rings (SSSR count). The molecule has 0 bridgehead atoms. The zero-order valence-electron chi connectivity index (χ0n) is 10.0. The molecule has 0 radical (unpaired) electrons. The lowest BCUT2D eigenvalue weighted by atomic mass is 10.2. The number of hydrogen-bond acceptors (Lipinski definition) is 5. The summed E-state index contributed by atoms with van der Waals surface area (Å²) in [5.74, 6) is 1.54. The molecule has 0 aromatic carbocycles. The molecule has 98 valence electrons. The van der Waals surface area contributed by atoms with Crippen molar-refractivity contribution in [2.45, 2.75) is 19.4 Å². The number of aromatic nitrogens is 2. The van der Waals surface area contributed by atoms with Crippen molar-refractivity contribution in [1.82, 2.24) is 9.97 Å². The molecule has 1 atom stereocenters. The minimum absolute atomic E-state index is 0.237. The molecule has 1 aromatic heterocycles. The van der Waals surface area contributed by atoms with Crippen molar-refractivity contribution in [3.05, 3.63) is 22.2 Å². The van der Waals surface area contributed by atoms with Crippen molar-refractivity contribution in [1.29, 1.82) is 0 Å². The van der Waals surface area contributed by atoms with Gasteiger partial charge in [-0.15, -0.1) is 0 Å². The summed E-state index contributed by atoms with van der Waals surface area (Å²) in [6.45, 7) is 2.49. The van der Waals surface area contributed by atoms with E-state index >= 15 is 0 Å². The first-order chi connectivity index (χ1) is 8.61. The highest BCUT2D eigenvalue weighted by molar-refractivity contribution is 7.99. The molecular weight excluding hydrogens is 254 g/mol. The number of H-pyrrole nitrogens is 1. The molecule has 2 heterocycles. The molecule has 18 heavy (non-hydrogen) atoms. The molecule has 1 fully saturated rings. The topological polar surface area (TPSA) is 86.3 Å². The van der Waals surface area contributed by atoms with Gasteiger partial charge in [0.25, 0.3) is 5.56 Å². The molecule has 0 amide bonds. The van der Waals surface area contributed by atoms with E-state index in [1.165, 1.54) is 6.07 Å². The summed E-state index contributed by atoms with van der Waals surface area (Å²) in [5.41, 5.74) is -0.237. The van der Waals surface area contributed by atoms with Gasteiger partial charge in [-0.05, 0) is 0 Å². The van der Waals surface area contributed by atoms with Crippen molar-refractivity contribution in [3.8, 4) is 0 Å². The van der Waals surface area contributed by atoms with E-state index in [0.29, 0.717) is 30.4 Å². The third-order valence-corrected chi connectivity index (χ3v) is 3.84. The quantitative estimate of drug-likeness (QED) is 0.823. The van der Waals surface area contributed by atoms with Crippen LogP contribution in [0.4, 0.5) is 5.82 Å². The Bertz CT molecular complexity index is 503. The second-order valence-electron chi connectivity index (χ2n) is 4.03. The summed E-state index contributed by atoms with van der Waals surface area (Å²) < 4.78 is 0. The maximum absolute atomic E-state index is 11.5. The third kappa shape index (κ3) is 2.66. The number of carbonyl (C=O) groups is 1. The maximum Gasteiger partial charge on any atom is 0.327 e. The zero-order chi connectivity index (χ0) is 13.1. The van der Waals surface area contributed by atoms with Crippen LogP contribution in [0.3, 0.4) is 0 Å². The van der Waals surface area contributed by atoms with Crippen molar-refractivity contribution < 1.29 is 9.90 Å². The first kappa shape index (κ1) is 12.9. The highest BCUT2D eigenvalue weighted by Crippen LogP contribution is 2.21. The van der Waals surface area contributed by atoms with Crippen LogP contribution in [0.5, 0.6) is 0 Å². The second-order valence-corrected chi connectivity index (χ2v) is 5.18. The Hall–Kier alpha value is -1.50. The Kier molecular flexibility index (Phi) is 3.90. The van der Waals surface area contributed by atoms with E-state index in [-0.39, 0.29) is 5.56 Å². The molecule has 2 N–H and O–H groups in total. The summed E-state index contributed by atoms with van der Waals surface area (Å²) in [6.07, 6.45) is 0.614. The average Bonchev–Trinajstić information content (AvgIpc) is 2.38. The van der Waals surface area contributed by atoms with E-state index in [4.69, 9.17) is 0 Å². The molecule has 7 heteroatoms. The molecule has 6 nitrogen and oxygen atoms in total. The van der Waals surface area contributed by atoms with Gasteiger partial charge in [-0.25, -0.2) is 9.78 Å². The Labute approximate surface area is 108 Å². The molecule has 1 saturated heterocycles. The number of aromatic amines is 1. The number of aliphatic carboxylic acids is 1. The Morgan fingerprint density at radius 3 is 3.17 bits per heavy atom. The maximum atomic E-state index is 11.5. The molecule has 0 saturated carbocycles. The van der Waals surface area contributed by atoms with Gasteiger partial charge < -0.3 is 15.0 Å². The van der Waals surface area contributed by atoms with Crippen LogP contribution < -0.4 is 10.5 Å². The van der Waals surface area contributed by atoms with E-state index in [0.717, 1.165) is 5.75 Å². The number of thioether (sulfide) groups is 1. The predicted octanol–water partition coefficient (Wildman–Crippen LogP) is 0.339. The lowest BCUT2D eigenvalue weighted by molar-refractivity contribution is -0.138. The van der Waals surface area contributed by atoms with Crippen LogP contribution in [0.15, 0.2) is 10.9 Å². The van der Waals surface area contributed by atoms with Gasteiger partial charge in [0.05, 0.1) is 0 Å². The Morgan fingerprint density at radius 1 is 1.72 bits per heavy atom. The fraction of sp³-hybridized carbons (Fsp3) is 0.545. The molecule has 0 aliphatic carbocycles. The van der Waals surface area contributed by atoms with Crippen LogP contribution in [-0.4, -0.2) is 45.1 Å². The van der Waals surface area contributed by atoms with Gasteiger partial charge in [0.1, 0.15) is 17.7 Å². The van der Waals surface area contributed by atoms with Gasteiger partial charge in [0.2, 0.25) is 0 Å². The van der Waals surface area contributed by atoms with Gasteiger partial charge in [-0.2, -0.15) is 11.8 Å². The Morgan fingerprint density at radius 2 is 2.50 bits per heavy atom. The molecule has 1 aromatic rings. The highest BCUT2D eigenvalue weighted by Gasteiger charge is 2.30. The van der Waals surface area contributed by atoms with Crippen LogP contribution in [-0.2, 0) is 11.2 Å². The van der Waals surface area contributed by atoms with Gasteiger partial charge in [-0.1, -0.05) is 6.92 Å². The average molecular weight is 269 g/mol. The number of carboxylic acids is 1. The first-order valence-electron chi connectivity index (χ1n) is 5.79. The standard InChI is InChI=1S/C11H15N3O3S/c1-2-8-12-9(5-10(15)13-8)14-3-4-18-6-7(14)11(16)17/h5,7H,2-4,6H2,1H3,(H,16,17)(H,12,13,15). The van der Waals surface area contributed by atoms with Crippen LogP contribution in [0.25, 0.3) is 0 Å². The van der Waals surface area contributed by atoms with Crippen molar-refractivity contribution in [3.63, 3.8) is 0 Å². The van der Waals surface area contributed by atoms with Crippen LogP contribution in [0, 0.1) is 0 Å². The van der Waals surface area contributed by atoms with E-state index in [1.807, 2.05) is 6.92 Å². The predicted molar refractivity (Wildman–Crippen MR) is 70.3 cm³/mol. The fourth-order valence-electron chi connectivity index (χ4n) is 1.89. The summed E-state index contributed by atoms with van der Waals surface area (Å²) >= 11 is 1.61. The lowest BCUT2D eigenvalue weighted by Crippen LogP contribution is -2.48. The fourth-order valence-corrected chi connectivity index (χ4v) is 2.93. The summed E-state index contributed by atoms with van der Waals surface area (Å²) in [5, 5.41) is 9.20. The highest BCUT2D eigenvalue weighted by atomic mass is 32.2. The van der Waals surface area contributed by atoms with E-state index < -0.39 is 12.0 Å². The number of carboxylic acid groups (broad SMARTS) is 1. The first-order valence-corrected chi connectivity index (χ1v) is 6.94. The lowest BCUT2D eigenvalue weighted by Gasteiger charge is -2.33. The number of nitrogens with zero attached hydrogens (tertiary/aromatic N) is 2. The molecular formula is C11H15N3O3S. The van der Waals surface area contributed by atoms with Gasteiger partial charge in [0, 0.05) is 30.5 Å². The summed E-state index contributed by atoms with van der Waals surface area (Å²) in [4.78, 5) is 31.4. The third-order valence-electron chi connectivity index (χ3n) is 2.82. The number of rotatable bonds is 3. The SMILES string of the molecule is CCc1nc(N2CCSCC2C(=O)O)cc(=O)[nH]1. The number of nitrogens with one attached hydrogen (secondary N) is 1. The number of aryl methyl sites for hydroxylation is 1. The molecule has 0 spiro atoms. The van der Waals surface area contributed by atoms with E-state index in [9.17, 15) is 14.7 Å².